The minimum absolute atomic E-state index is 0.00190. The van der Waals surface area contributed by atoms with E-state index >= 15 is 0 Å². The maximum atomic E-state index is 12.5. The largest absolute Gasteiger partial charge is 0.378 e. The van der Waals surface area contributed by atoms with Gasteiger partial charge in [0.2, 0.25) is 17.7 Å². The van der Waals surface area contributed by atoms with Gasteiger partial charge in [0.15, 0.2) is 0 Å². The third-order valence-corrected chi connectivity index (χ3v) is 5.47. The van der Waals surface area contributed by atoms with Crippen LogP contribution in [0.4, 0.5) is 0 Å². The molecule has 2 aliphatic carbocycles. The molecule has 2 saturated heterocycles. The molecule has 0 unspecified atom stereocenters. The highest BCUT2D eigenvalue weighted by Crippen LogP contribution is 2.52. The summed E-state index contributed by atoms with van der Waals surface area (Å²) in [6.07, 6.45) is 5.33. The predicted molar refractivity (Wildman–Crippen MR) is 76.5 cm³/mol. The first-order valence-corrected chi connectivity index (χ1v) is 8.06. The molecule has 3 fully saturated rings. The second-order valence-corrected chi connectivity index (χ2v) is 6.57. The fraction of sp³-hybridized carbons (Fsp3) is 0.688. The molecule has 1 saturated carbocycles. The SMILES string of the molecule is O=C(CCN1C(=O)[C@@H]2[C@@H](C1=O)[C@H]1C=C[C@@H]2C1)N1CCOCC1. The van der Waals surface area contributed by atoms with E-state index in [0.29, 0.717) is 26.3 Å². The van der Waals surface area contributed by atoms with Crippen LogP contribution >= 0.6 is 0 Å². The van der Waals surface area contributed by atoms with Gasteiger partial charge in [0.1, 0.15) is 0 Å². The van der Waals surface area contributed by atoms with Gasteiger partial charge >= 0.3 is 0 Å². The normalized spacial score (nSPS) is 36.4. The Balaban J connectivity index is 1.39. The van der Waals surface area contributed by atoms with Crippen molar-refractivity contribution in [3.8, 4) is 0 Å². The van der Waals surface area contributed by atoms with Crippen molar-refractivity contribution in [2.45, 2.75) is 12.8 Å². The van der Waals surface area contributed by atoms with E-state index in [9.17, 15) is 14.4 Å². The van der Waals surface area contributed by atoms with Crippen LogP contribution in [-0.2, 0) is 19.1 Å². The second-order valence-electron chi connectivity index (χ2n) is 6.57. The average Bonchev–Trinajstić information content (AvgIpc) is 3.21. The number of carbonyl (C=O) groups excluding carboxylic acids is 3. The average molecular weight is 304 g/mol. The van der Waals surface area contributed by atoms with Crippen LogP contribution in [0.2, 0.25) is 0 Å². The fourth-order valence-corrected chi connectivity index (χ4v) is 4.36. The van der Waals surface area contributed by atoms with Crippen molar-refractivity contribution in [2.24, 2.45) is 23.7 Å². The number of imide groups is 1. The van der Waals surface area contributed by atoms with Gasteiger partial charge < -0.3 is 9.64 Å². The van der Waals surface area contributed by atoms with Crippen LogP contribution in [-0.4, -0.2) is 60.4 Å². The molecule has 6 nitrogen and oxygen atoms in total. The van der Waals surface area contributed by atoms with Crippen LogP contribution in [0.25, 0.3) is 0 Å². The van der Waals surface area contributed by atoms with Crippen LogP contribution in [0.15, 0.2) is 12.2 Å². The molecule has 2 aliphatic heterocycles. The van der Waals surface area contributed by atoms with E-state index in [4.69, 9.17) is 4.74 Å². The van der Waals surface area contributed by atoms with Gasteiger partial charge in [-0.3, -0.25) is 19.3 Å². The number of allylic oxidation sites excluding steroid dienone is 2. The van der Waals surface area contributed by atoms with Crippen molar-refractivity contribution in [1.29, 1.82) is 0 Å². The highest BCUT2D eigenvalue weighted by atomic mass is 16.5. The van der Waals surface area contributed by atoms with Crippen LogP contribution < -0.4 is 0 Å². The molecular weight excluding hydrogens is 284 g/mol. The van der Waals surface area contributed by atoms with Gasteiger partial charge in [0.25, 0.3) is 0 Å². The van der Waals surface area contributed by atoms with E-state index in [-0.39, 0.29) is 54.4 Å². The molecule has 2 heterocycles. The summed E-state index contributed by atoms with van der Waals surface area (Å²) in [5, 5.41) is 0. The second kappa shape index (κ2) is 5.19. The third kappa shape index (κ3) is 2.00. The van der Waals surface area contributed by atoms with Crippen LogP contribution in [0.1, 0.15) is 12.8 Å². The Hall–Kier alpha value is -1.69. The van der Waals surface area contributed by atoms with Crippen LogP contribution in [0, 0.1) is 23.7 Å². The van der Waals surface area contributed by atoms with Gasteiger partial charge in [0, 0.05) is 26.1 Å². The summed E-state index contributed by atoms with van der Waals surface area (Å²) in [4.78, 5) is 40.3. The molecule has 6 heteroatoms. The summed E-state index contributed by atoms with van der Waals surface area (Å²) < 4.78 is 5.22. The molecule has 4 atom stereocenters. The van der Waals surface area contributed by atoms with Gasteiger partial charge in [-0.05, 0) is 18.3 Å². The molecule has 0 aromatic rings. The maximum absolute atomic E-state index is 12.5. The first-order chi connectivity index (χ1) is 10.7. The van der Waals surface area contributed by atoms with Crippen molar-refractivity contribution in [3.05, 3.63) is 12.2 Å². The third-order valence-electron chi connectivity index (χ3n) is 5.47. The van der Waals surface area contributed by atoms with Gasteiger partial charge in [-0.25, -0.2) is 0 Å². The Morgan fingerprint density at radius 1 is 1.09 bits per heavy atom. The lowest BCUT2D eigenvalue weighted by molar-refractivity contribution is -0.142. The smallest absolute Gasteiger partial charge is 0.233 e. The number of ether oxygens (including phenoxy) is 1. The molecule has 0 aromatic carbocycles. The number of likely N-dealkylation sites (tertiary alicyclic amines) is 1. The fourth-order valence-electron chi connectivity index (χ4n) is 4.36. The van der Waals surface area contributed by atoms with Crippen molar-refractivity contribution >= 4 is 17.7 Å². The number of hydrogen-bond acceptors (Lipinski definition) is 4. The van der Waals surface area contributed by atoms with Gasteiger partial charge in [-0.2, -0.15) is 0 Å². The molecular formula is C16H20N2O4. The monoisotopic (exact) mass is 304 g/mol. The lowest BCUT2D eigenvalue weighted by Crippen LogP contribution is -2.43. The molecule has 0 aromatic heterocycles. The molecule has 3 amide bonds. The molecule has 2 bridgehead atoms. The van der Waals surface area contributed by atoms with Crippen LogP contribution in [0.5, 0.6) is 0 Å². The number of carbonyl (C=O) groups is 3. The van der Waals surface area contributed by atoms with E-state index in [2.05, 4.69) is 12.2 Å². The number of morpholine rings is 1. The number of amides is 3. The van der Waals surface area contributed by atoms with Gasteiger partial charge in [-0.15, -0.1) is 0 Å². The summed E-state index contributed by atoms with van der Waals surface area (Å²) in [5.41, 5.74) is 0. The van der Waals surface area contributed by atoms with E-state index in [1.54, 1.807) is 4.90 Å². The quantitative estimate of drug-likeness (QED) is 0.545. The van der Waals surface area contributed by atoms with Crippen LogP contribution in [0.3, 0.4) is 0 Å². The Morgan fingerprint density at radius 3 is 2.27 bits per heavy atom. The topological polar surface area (TPSA) is 66.9 Å². The van der Waals surface area contributed by atoms with Crippen molar-refractivity contribution < 1.29 is 19.1 Å². The summed E-state index contributed by atoms with van der Waals surface area (Å²) >= 11 is 0. The van der Waals surface area contributed by atoms with Crippen molar-refractivity contribution in [2.75, 3.05) is 32.8 Å². The predicted octanol–water partition coefficient (Wildman–Crippen LogP) is 0.0424. The Bertz CT molecular complexity index is 522. The highest BCUT2D eigenvalue weighted by molar-refractivity contribution is 6.06. The summed E-state index contributed by atoms with van der Waals surface area (Å²) in [5.74, 6) is -0.00919. The zero-order valence-corrected chi connectivity index (χ0v) is 12.4. The van der Waals surface area contributed by atoms with E-state index in [1.807, 2.05) is 0 Å². The zero-order valence-electron chi connectivity index (χ0n) is 12.4. The first kappa shape index (κ1) is 13.9. The molecule has 4 aliphatic rings. The summed E-state index contributed by atoms with van der Waals surface area (Å²) in [6.45, 7) is 2.54. The zero-order chi connectivity index (χ0) is 15.3. The van der Waals surface area contributed by atoms with Crippen molar-refractivity contribution in [1.82, 2.24) is 9.80 Å². The molecule has 0 radical (unpaired) electrons. The first-order valence-electron chi connectivity index (χ1n) is 8.06. The van der Waals surface area contributed by atoms with Crippen molar-refractivity contribution in [3.63, 3.8) is 0 Å². The van der Waals surface area contributed by atoms with E-state index in [1.165, 1.54) is 4.90 Å². The molecule has 0 N–H and O–H groups in total. The summed E-state index contributed by atoms with van der Waals surface area (Å²) in [6, 6.07) is 0. The minimum atomic E-state index is -0.166. The maximum Gasteiger partial charge on any atom is 0.233 e. The molecule has 0 spiro atoms. The number of nitrogens with zero attached hydrogens (tertiary/aromatic N) is 2. The number of fused-ring (bicyclic) bond motifs is 5. The lowest BCUT2D eigenvalue weighted by Gasteiger charge is -2.27. The standard InChI is InChI=1S/C16H20N2O4/c19-12(17-5-7-22-8-6-17)3-4-18-15(20)13-10-1-2-11(9-10)14(13)16(18)21/h1-2,10-11,13-14H,3-9H2/t10-,11+,13-,14-/m0/s1. The number of rotatable bonds is 3. The van der Waals surface area contributed by atoms with Gasteiger partial charge in [-0.1, -0.05) is 12.2 Å². The minimum Gasteiger partial charge on any atom is -0.378 e. The summed E-state index contributed by atoms with van der Waals surface area (Å²) in [7, 11) is 0. The van der Waals surface area contributed by atoms with E-state index in [0.717, 1.165) is 6.42 Å². The van der Waals surface area contributed by atoms with E-state index < -0.39 is 0 Å². The Labute approximate surface area is 129 Å². The molecule has 4 rings (SSSR count). The lowest BCUT2D eigenvalue weighted by atomic mass is 9.85. The van der Waals surface area contributed by atoms with Gasteiger partial charge in [0.05, 0.1) is 25.0 Å². The number of hydrogen-bond donors (Lipinski definition) is 0. The Kier molecular flexibility index (Phi) is 3.29. The Morgan fingerprint density at radius 2 is 1.68 bits per heavy atom. The molecule has 22 heavy (non-hydrogen) atoms. The molecule has 118 valence electrons. The highest BCUT2D eigenvalue weighted by Gasteiger charge is 2.59.